The Morgan fingerprint density at radius 2 is 1.81 bits per heavy atom. The minimum atomic E-state index is -0.661. The molecule has 0 aliphatic heterocycles. The molecule has 1 atom stereocenters. The number of rotatable bonds is 9. The summed E-state index contributed by atoms with van der Waals surface area (Å²) in [5.41, 5.74) is 0.934. The number of hydrogen-bond donors (Lipinski definition) is 1. The molecule has 142 valence electrons. The number of benzene rings is 2. The van der Waals surface area contributed by atoms with Gasteiger partial charge in [-0.2, -0.15) is 0 Å². The predicted molar refractivity (Wildman–Crippen MR) is 107 cm³/mol. The number of para-hydroxylation sites is 1. The molecule has 0 spiro atoms. The molecule has 3 aromatic rings. The number of furan rings is 1. The van der Waals surface area contributed by atoms with Crippen LogP contribution in [0.1, 0.15) is 11.3 Å². The van der Waals surface area contributed by atoms with E-state index in [2.05, 4.69) is 4.90 Å². The zero-order chi connectivity index (χ0) is 19.1. The van der Waals surface area contributed by atoms with E-state index in [1.54, 1.807) is 12.3 Å². The van der Waals surface area contributed by atoms with Gasteiger partial charge in [0.25, 0.3) is 0 Å². The van der Waals surface area contributed by atoms with Crippen molar-refractivity contribution in [2.24, 2.45) is 0 Å². The molecule has 4 nitrogen and oxygen atoms in total. The van der Waals surface area contributed by atoms with Crippen molar-refractivity contribution in [3.63, 3.8) is 0 Å². The normalized spacial score (nSPS) is 12.3. The highest BCUT2D eigenvalue weighted by Crippen LogP contribution is 2.23. The maximum atomic E-state index is 10.4. The van der Waals surface area contributed by atoms with Gasteiger partial charge in [-0.05, 0) is 42.0 Å². The highest BCUT2D eigenvalue weighted by Gasteiger charge is 2.16. The minimum absolute atomic E-state index is 0.201. The molecule has 0 aliphatic carbocycles. The second-order valence-electron chi connectivity index (χ2n) is 6.26. The van der Waals surface area contributed by atoms with Crippen LogP contribution in [-0.2, 0) is 13.1 Å². The summed E-state index contributed by atoms with van der Waals surface area (Å²) in [6.45, 7) is 1.72. The Hall–Kier alpha value is -1.98. The van der Waals surface area contributed by atoms with Crippen LogP contribution in [0.5, 0.6) is 5.75 Å². The van der Waals surface area contributed by atoms with Crippen LogP contribution in [0.4, 0.5) is 0 Å². The average Bonchev–Trinajstić information content (AvgIpc) is 3.16. The van der Waals surface area contributed by atoms with Crippen LogP contribution < -0.4 is 4.74 Å². The summed E-state index contributed by atoms with van der Waals surface area (Å²) < 4.78 is 11.1. The number of nitrogens with zero attached hydrogens (tertiary/aromatic N) is 1. The number of halogens is 2. The lowest BCUT2D eigenvalue weighted by atomic mass is 10.2. The Bertz CT molecular complexity index is 825. The van der Waals surface area contributed by atoms with Crippen LogP contribution >= 0.6 is 23.2 Å². The van der Waals surface area contributed by atoms with E-state index in [1.165, 1.54) is 0 Å². The topological polar surface area (TPSA) is 45.8 Å². The largest absolute Gasteiger partial charge is 0.491 e. The Morgan fingerprint density at radius 3 is 2.52 bits per heavy atom. The monoisotopic (exact) mass is 405 g/mol. The first-order valence-electron chi connectivity index (χ1n) is 8.65. The smallest absolute Gasteiger partial charge is 0.119 e. The summed E-state index contributed by atoms with van der Waals surface area (Å²) in [7, 11) is 0. The lowest BCUT2D eigenvalue weighted by molar-refractivity contribution is 0.0605. The molecule has 6 heteroatoms. The van der Waals surface area contributed by atoms with Crippen molar-refractivity contribution in [2.45, 2.75) is 19.2 Å². The highest BCUT2D eigenvalue weighted by molar-refractivity contribution is 6.35. The van der Waals surface area contributed by atoms with Crippen LogP contribution in [0.25, 0.3) is 0 Å². The van der Waals surface area contributed by atoms with Crippen LogP contribution in [-0.4, -0.2) is 29.3 Å². The molecule has 2 aromatic carbocycles. The van der Waals surface area contributed by atoms with E-state index < -0.39 is 6.10 Å². The van der Waals surface area contributed by atoms with E-state index in [4.69, 9.17) is 32.4 Å². The molecule has 1 aromatic heterocycles. The Kier molecular flexibility index (Phi) is 7.18. The molecule has 0 bridgehead atoms. The van der Waals surface area contributed by atoms with Gasteiger partial charge in [0.15, 0.2) is 0 Å². The van der Waals surface area contributed by atoms with Gasteiger partial charge in [-0.3, -0.25) is 4.90 Å². The molecule has 1 N–H and O–H groups in total. The van der Waals surface area contributed by atoms with Gasteiger partial charge in [-0.1, -0.05) is 47.5 Å². The molecule has 0 fully saturated rings. The molecule has 1 heterocycles. The van der Waals surface area contributed by atoms with Crippen molar-refractivity contribution in [2.75, 3.05) is 13.2 Å². The standard InChI is InChI=1S/C21H21Cl2NO3/c22-17-9-8-16(21(23)11-17)12-24(14-20-7-4-10-26-20)13-18(25)15-27-19-5-2-1-3-6-19/h1-11,18,25H,12-15H2. The third kappa shape index (κ3) is 6.29. The first kappa shape index (κ1) is 19.8. The number of ether oxygens (including phenoxy) is 1. The Labute approximate surface area is 168 Å². The van der Waals surface area contributed by atoms with E-state index in [0.717, 1.165) is 17.1 Å². The van der Waals surface area contributed by atoms with E-state index in [1.807, 2.05) is 54.6 Å². The summed E-state index contributed by atoms with van der Waals surface area (Å²) in [6.07, 6.45) is 0.976. The molecular weight excluding hydrogens is 385 g/mol. The number of aliphatic hydroxyl groups excluding tert-OH is 1. The van der Waals surface area contributed by atoms with Gasteiger partial charge < -0.3 is 14.3 Å². The number of hydrogen-bond acceptors (Lipinski definition) is 4. The summed E-state index contributed by atoms with van der Waals surface area (Å²) >= 11 is 12.3. The fraction of sp³-hybridized carbons (Fsp3) is 0.238. The van der Waals surface area contributed by atoms with Crippen LogP contribution in [0, 0.1) is 0 Å². The molecule has 0 amide bonds. The van der Waals surface area contributed by atoms with Gasteiger partial charge in [0.1, 0.15) is 24.2 Å². The van der Waals surface area contributed by atoms with E-state index in [0.29, 0.717) is 29.7 Å². The quantitative estimate of drug-likeness (QED) is 0.542. The summed E-state index contributed by atoms with van der Waals surface area (Å²) in [4.78, 5) is 2.06. The lowest BCUT2D eigenvalue weighted by Gasteiger charge is -2.25. The first-order valence-corrected chi connectivity index (χ1v) is 9.40. The average molecular weight is 406 g/mol. The first-order chi connectivity index (χ1) is 13.1. The molecular formula is C21H21Cl2NO3. The van der Waals surface area contributed by atoms with Gasteiger partial charge >= 0.3 is 0 Å². The summed E-state index contributed by atoms with van der Waals surface area (Å²) in [5.74, 6) is 1.55. The van der Waals surface area contributed by atoms with Gasteiger partial charge in [-0.15, -0.1) is 0 Å². The van der Waals surface area contributed by atoms with Crippen molar-refractivity contribution in [1.82, 2.24) is 4.90 Å². The van der Waals surface area contributed by atoms with E-state index >= 15 is 0 Å². The molecule has 0 aliphatic rings. The van der Waals surface area contributed by atoms with Crippen LogP contribution in [0.3, 0.4) is 0 Å². The van der Waals surface area contributed by atoms with Gasteiger partial charge in [0.05, 0.1) is 12.8 Å². The molecule has 0 saturated carbocycles. The van der Waals surface area contributed by atoms with Crippen LogP contribution in [0.15, 0.2) is 71.3 Å². The zero-order valence-electron chi connectivity index (χ0n) is 14.7. The fourth-order valence-electron chi connectivity index (χ4n) is 2.76. The van der Waals surface area contributed by atoms with Crippen LogP contribution in [0.2, 0.25) is 10.0 Å². The molecule has 0 saturated heterocycles. The third-order valence-corrected chi connectivity index (χ3v) is 4.61. The van der Waals surface area contributed by atoms with E-state index in [9.17, 15) is 5.11 Å². The lowest BCUT2D eigenvalue weighted by Crippen LogP contribution is -2.35. The second-order valence-corrected chi connectivity index (χ2v) is 7.11. The second kappa shape index (κ2) is 9.81. The third-order valence-electron chi connectivity index (χ3n) is 4.02. The van der Waals surface area contributed by atoms with Crippen molar-refractivity contribution < 1.29 is 14.3 Å². The van der Waals surface area contributed by atoms with Crippen molar-refractivity contribution >= 4 is 23.2 Å². The van der Waals surface area contributed by atoms with Crippen molar-refractivity contribution in [3.8, 4) is 5.75 Å². The van der Waals surface area contributed by atoms with Gasteiger partial charge in [0, 0.05) is 23.1 Å². The predicted octanol–water partition coefficient (Wildman–Crippen LogP) is 5.03. The minimum Gasteiger partial charge on any atom is -0.491 e. The van der Waals surface area contributed by atoms with E-state index in [-0.39, 0.29) is 6.61 Å². The number of aliphatic hydroxyl groups is 1. The maximum Gasteiger partial charge on any atom is 0.119 e. The molecule has 3 rings (SSSR count). The highest BCUT2D eigenvalue weighted by atomic mass is 35.5. The van der Waals surface area contributed by atoms with Crippen molar-refractivity contribution in [3.05, 3.63) is 88.3 Å². The Balaban J connectivity index is 1.63. The van der Waals surface area contributed by atoms with Gasteiger partial charge in [0.2, 0.25) is 0 Å². The summed E-state index contributed by atoms with van der Waals surface area (Å²) in [5, 5.41) is 11.6. The fourth-order valence-corrected chi connectivity index (χ4v) is 3.23. The van der Waals surface area contributed by atoms with Crippen molar-refractivity contribution in [1.29, 1.82) is 0 Å². The molecule has 1 unspecified atom stereocenters. The molecule has 0 radical (unpaired) electrons. The SMILES string of the molecule is OC(COc1ccccc1)CN(Cc1ccco1)Cc1ccc(Cl)cc1Cl. The maximum absolute atomic E-state index is 10.4. The summed E-state index contributed by atoms with van der Waals surface area (Å²) in [6, 6.07) is 18.6. The van der Waals surface area contributed by atoms with Gasteiger partial charge in [-0.25, -0.2) is 0 Å². The molecule has 27 heavy (non-hydrogen) atoms. The zero-order valence-corrected chi connectivity index (χ0v) is 16.2. The Morgan fingerprint density at radius 1 is 1.00 bits per heavy atom.